The van der Waals surface area contributed by atoms with Crippen LogP contribution in [0.25, 0.3) is 0 Å². The Morgan fingerprint density at radius 3 is 2.38 bits per heavy atom. The molecule has 1 amide bonds. The molecule has 1 atom stereocenters. The summed E-state index contributed by atoms with van der Waals surface area (Å²) in [6.07, 6.45) is 0. The molecule has 0 saturated heterocycles. The summed E-state index contributed by atoms with van der Waals surface area (Å²) in [6, 6.07) is 17.1. The average Bonchev–Trinajstić information content (AvgIpc) is 2.60. The summed E-state index contributed by atoms with van der Waals surface area (Å²) in [7, 11) is 0. The zero-order valence-corrected chi connectivity index (χ0v) is 14.7. The van der Waals surface area contributed by atoms with Gasteiger partial charge in [-0.1, -0.05) is 50.2 Å². The smallest absolute Gasteiger partial charge is 0.246 e. The van der Waals surface area contributed by atoms with Crippen LogP contribution in [0.3, 0.4) is 0 Å². The van der Waals surface area contributed by atoms with Crippen LogP contribution in [0.1, 0.15) is 32.4 Å². The topological polar surface area (TPSA) is 41.6 Å². The monoisotopic (exact) mass is 326 g/mol. The summed E-state index contributed by atoms with van der Waals surface area (Å²) < 4.78 is 5.50. The summed E-state index contributed by atoms with van der Waals surface area (Å²) in [5, 5.41) is 3.03. The van der Waals surface area contributed by atoms with E-state index in [4.69, 9.17) is 4.74 Å². The normalized spacial score (nSPS) is 12.0. The number of likely N-dealkylation sites (N-methyl/N-ethyl adjacent to an activating group) is 1. The van der Waals surface area contributed by atoms with Crippen LogP contribution < -0.4 is 10.1 Å². The third kappa shape index (κ3) is 4.59. The van der Waals surface area contributed by atoms with Crippen molar-refractivity contribution in [3.63, 3.8) is 0 Å². The van der Waals surface area contributed by atoms with Crippen molar-refractivity contribution in [3.05, 3.63) is 60.2 Å². The Balaban J connectivity index is 2.23. The maximum absolute atomic E-state index is 12.9. The number of hydrogen-bond donors (Lipinski definition) is 1. The second-order valence-corrected chi connectivity index (χ2v) is 5.48. The molecule has 0 heterocycles. The molecule has 0 fully saturated rings. The van der Waals surface area contributed by atoms with Crippen LogP contribution in [-0.4, -0.2) is 30.5 Å². The molecule has 1 N–H and O–H groups in total. The molecular formula is C20H26N2O2. The van der Waals surface area contributed by atoms with E-state index in [1.54, 1.807) is 0 Å². The third-order valence-electron chi connectivity index (χ3n) is 3.95. The van der Waals surface area contributed by atoms with Crippen molar-refractivity contribution in [1.82, 2.24) is 4.90 Å². The Labute approximate surface area is 144 Å². The standard InChI is InChI=1S/C20H26N2O2/c1-4-22(5-2)19(16-11-8-7-9-12-16)20(23)21-17-13-10-14-18(15-17)24-6-3/h7-15,19H,4-6H2,1-3H3,(H,21,23). The van der Waals surface area contributed by atoms with E-state index in [9.17, 15) is 4.79 Å². The van der Waals surface area contributed by atoms with Gasteiger partial charge in [-0.25, -0.2) is 0 Å². The van der Waals surface area contributed by atoms with E-state index < -0.39 is 0 Å². The molecule has 4 heteroatoms. The van der Waals surface area contributed by atoms with Gasteiger partial charge in [-0.3, -0.25) is 9.69 Å². The molecule has 128 valence electrons. The summed E-state index contributed by atoms with van der Waals surface area (Å²) >= 11 is 0. The molecule has 24 heavy (non-hydrogen) atoms. The van der Waals surface area contributed by atoms with Crippen molar-refractivity contribution in [2.24, 2.45) is 0 Å². The number of anilines is 1. The number of ether oxygens (including phenoxy) is 1. The fraction of sp³-hybridized carbons (Fsp3) is 0.350. The molecule has 2 aromatic rings. The predicted octanol–water partition coefficient (Wildman–Crippen LogP) is 4.11. The van der Waals surface area contributed by atoms with Crippen molar-refractivity contribution in [2.75, 3.05) is 25.0 Å². The highest BCUT2D eigenvalue weighted by Crippen LogP contribution is 2.24. The minimum absolute atomic E-state index is 0.0291. The maximum atomic E-state index is 12.9. The van der Waals surface area contributed by atoms with Gasteiger partial charge >= 0.3 is 0 Å². The molecule has 0 bridgehead atoms. The van der Waals surface area contributed by atoms with Crippen LogP contribution in [0.2, 0.25) is 0 Å². The summed E-state index contributed by atoms with van der Waals surface area (Å²) in [4.78, 5) is 15.1. The Bertz CT molecular complexity index is 639. The Hall–Kier alpha value is -2.33. The van der Waals surface area contributed by atoms with Crippen LogP contribution in [0, 0.1) is 0 Å². The second kappa shape index (κ2) is 9.08. The van der Waals surface area contributed by atoms with Crippen molar-refractivity contribution < 1.29 is 9.53 Å². The first-order valence-electron chi connectivity index (χ1n) is 8.52. The molecule has 0 aliphatic heterocycles. The zero-order chi connectivity index (χ0) is 17.4. The van der Waals surface area contributed by atoms with Crippen LogP contribution in [-0.2, 0) is 4.79 Å². The van der Waals surface area contributed by atoms with Gasteiger partial charge < -0.3 is 10.1 Å². The fourth-order valence-electron chi connectivity index (χ4n) is 2.79. The lowest BCUT2D eigenvalue weighted by atomic mass is 10.0. The summed E-state index contributed by atoms with van der Waals surface area (Å²) in [5.41, 5.74) is 1.75. The highest BCUT2D eigenvalue weighted by atomic mass is 16.5. The summed E-state index contributed by atoms with van der Waals surface area (Å²) in [5.74, 6) is 0.730. The number of hydrogen-bond acceptors (Lipinski definition) is 3. The maximum Gasteiger partial charge on any atom is 0.246 e. The van der Waals surface area contributed by atoms with Gasteiger partial charge in [0.25, 0.3) is 0 Å². The van der Waals surface area contributed by atoms with E-state index in [1.807, 2.05) is 61.5 Å². The highest BCUT2D eigenvalue weighted by molar-refractivity contribution is 5.95. The largest absolute Gasteiger partial charge is 0.494 e. The predicted molar refractivity (Wildman–Crippen MR) is 98.3 cm³/mol. The van der Waals surface area contributed by atoms with Crippen molar-refractivity contribution >= 4 is 11.6 Å². The van der Waals surface area contributed by atoms with Gasteiger partial charge in [0.15, 0.2) is 0 Å². The van der Waals surface area contributed by atoms with E-state index in [2.05, 4.69) is 24.1 Å². The van der Waals surface area contributed by atoms with Crippen LogP contribution in [0.5, 0.6) is 5.75 Å². The van der Waals surface area contributed by atoms with E-state index in [-0.39, 0.29) is 11.9 Å². The fourth-order valence-corrected chi connectivity index (χ4v) is 2.79. The highest BCUT2D eigenvalue weighted by Gasteiger charge is 2.25. The minimum Gasteiger partial charge on any atom is -0.494 e. The molecule has 4 nitrogen and oxygen atoms in total. The summed E-state index contributed by atoms with van der Waals surface area (Å²) in [6.45, 7) is 8.30. The first-order valence-corrected chi connectivity index (χ1v) is 8.52. The lowest BCUT2D eigenvalue weighted by molar-refractivity contribution is -0.121. The van der Waals surface area contributed by atoms with Crippen molar-refractivity contribution in [1.29, 1.82) is 0 Å². The van der Waals surface area contributed by atoms with Gasteiger partial charge in [-0.05, 0) is 37.7 Å². The van der Waals surface area contributed by atoms with Crippen LogP contribution >= 0.6 is 0 Å². The first kappa shape index (κ1) is 18.0. The van der Waals surface area contributed by atoms with E-state index in [0.29, 0.717) is 6.61 Å². The van der Waals surface area contributed by atoms with E-state index >= 15 is 0 Å². The number of carbonyl (C=O) groups is 1. The number of amides is 1. The number of nitrogens with zero attached hydrogens (tertiary/aromatic N) is 1. The van der Waals surface area contributed by atoms with Crippen molar-refractivity contribution in [3.8, 4) is 5.75 Å². The Morgan fingerprint density at radius 2 is 1.75 bits per heavy atom. The molecule has 0 aliphatic rings. The number of benzene rings is 2. The number of rotatable bonds is 8. The van der Waals surface area contributed by atoms with Gasteiger partial charge in [-0.15, -0.1) is 0 Å². The van der Waals surface area contributed by atoms with Gasteiger partial charge in [0, 0.05) is 11.8 Å². The number of nitrogens with one attached hydrogen (secondary N) is 1. The molecule has 0 aliphatic carbocycles. The van der Waals surface area contributed by atoms with E-state index in [1.165, 1.54) is 0 Å². The number of carbonyl (C=O) groups excluding carboxylic acids is 1. The zero-order valence-electron chi connectivity index (χ0n) is 14.7. The molecule has 0 spiro atoms. The van der Waals surface area contributed by atoms with Gasteiger partial charge in [0.2, 0.25) is 5.91 Å². The Kier molecular flexibility index (Phi) is 6.82. The first-order chi connectivity index (χ1) is 11.7. The molecule has 0 aromatic heterocycles. The SMILES string of the molecule is CCOc1cccc(NC(=O)C(c2ccccc2)N(CC)CC)c1. The quantitative estimate of drug-likeness (QED) is 0.794. The molecule has 2 rings (SSSR count). The van der Waals surface area contributed by atoms with Gasteiger partial charge in [-0.2, -0.15) is 0 Å². The average molecular weight is 326 g/mol. The molecular weight excluding hydrogens is 300 g/mol. The van der Waals surface area contributed by atoms with E-state index in [0.717, 1.165) is 30.1 Å². The van der Waals surface area contributed by atoms with Crippen LogP contribution in [0.15, 0.2) is 54.6 Å². The Morgan fingerprint density at radius 1 is 1.04 bits per heavy atom. The molecule has 0 radical (unpaired) electrons. The van der Waals surface area contributed by atoms with Crippen LogP contribution in [0.4, 0.5) is 5.69 Å². The lowest BCUT2D eigenvalue weighted by Gasteiger charge is -2.29. The molecule has 1 unspecified atom stereocenters. The van der Waals surface area contributed by atoms with Crippen molar-refractivity contribution in [2.45, 2.75) is 26.8 Å². The molecule has 0 saturated carbocycles. The third-order valence-corrected chi connectivity index (χ3v) is 3.95. The second-order valence-electron chi connectivity index (χ2n) is 5.48. The lowest BCUT2D eigenvalue weighted by Crippen LogP contribution is -2.37. The van der Waals surface area contributed by atoms with Gasteiger partial charge in [0.05, 0.1) is 6.61 Å². The minimum atomic E-state index is -0.308. The molecule has 2 aromatic carbocycles. The van der Waals surface area contributed by atoms with Gasteiger partial charge in [0.1, 0.15) is 11.8 Å².